The van der Waals surface area contributed by atoms with E-state index < -0.39 is 0 Å². The molecule has 1 amide bonds. The predicted molar refractivity (Wildman–Crippen MR) is 119 cm³/mol. The zero-order valence-corrected chi connectivity index (χ0v) is 17.1. The Labute approximate surface area is 181 Å². The van der Waals surface area contributed by atoms with Gasteiger partial charge in [0.1, 0.15) is 0 Å². The average Bonchev–Trinajstić information content (AvgIpc) is 2.71. The molecule has 3 N–H and O–H groups in total. The molecule has 0 unspecified atom stereocenters. The van der Waals surface area contributed by atoms with E-state index in [0.29, 0.717) is 15.7 Å². The number of carbonyl (C=O) groups is 1. The van der Waals surface area contributed by atoms with Crippen LogP contribution in [0, 0.1) is 0 Å². The van der Waals surface area contributed by atoms with Crippen molar-refractivity contribution in [2.75, 3.05) is 11.1 Å². The molecule has 0 aliphatic rings. The number of amides is 1. The first kappa shape index (κ1) is 19.5. The number of halogens is 3. The van der Waals surface area contributed by atoms with E-state index in [1.165, 1.54) is 0 Å². The molecule has 5 nitrogen and oxygen atoms in total. The molecule has 0 radical (unpaired) electrons. The highest BCUT2D eigenvalue weighted by Gasteiger charge is 2.14. The molecule has 29 heavy (non-hydrogen) atoms. The molecule has 0 spiro atoms. The third kappa shape index (κ3) is 3.98. The lowest BCUT2D eigenvalue weighted by molar-refractivity contribution is 0.102. The van der Waals surface area contributed by atoms with Crippen LogP contribution in [0.4, 0.5) is 11.6 Å². The highest BCUT2D eigenvalue weighted by atomic mass is 35.5. The normalized spacial score (nSPS) is 10.9. The zero-order chi connectivity index (χ0) is 20.5. The van der Waals surface area contributed by atoms with Crippen LogP contribution in [0.25, 0.3) is 22.0 Å². The van der Waals surface area contributed by atoms with E-state index in [1.54, 1.807) is 42.6 Å². The SMILES string of the molecule is Nc1ncc2cc(-c3cc(NC(=O)c4cccc(Cl)c4Cl)ccc3Cl)ccc2n1. The summed E-state index contributed by atoms with van der Waals surface area (Å²) < 4.78 is 0. The molecule has 4 rings (SSSR count). The second-order valence-electron chi connectivity index (χ2n) is 6.25. The number of hydrogen-bond acceptors (Lipinski definition) is 4. The van der Waals surface area contributed by atoms with Gasteiger partial charge in [0.05, 0.1) is 21.1 Å². The first-order valence-electron chi connectivity index (χ1n) is 8.50. The third-order valence-corrected chi connectivity index (χ3v) is 5.48. The van der Waals surface area contributed by atoms with Gasteiger partial charge in [0.2, 0.25) is 5.95 Å². The molecule has 3 aromatic carbocycles. The fraction of sp³-hybridized carbons (Fsp3) is 0. The first-order valence-corrected chi connectivity index (χ1v) is 9.63. The van der Waals surface area contributed by atoms with E-state index in [-0.39, 0.29) is 22.4 Å². The van der Waals surface area contributed by atoms with E-state index in [1.807, 2.05) is 18.2 Å². The second kappa shape index (κ2) is 7.87. The Balaban J connectivity index is 1.68. The van der Waals surface area contributed by atoms with Crippen molar-refractivity contribution in [3.63, 3.8) is 0 Å². The van der Waals surface area contributed by atoms with Crippen molar-refractivity contribution in [3.05, 3.63) is 81.4 Å². The number of rotatable bonds is 3. The van der Waals surface area contributed by atoms with Crippen molar-refractivity contribution in [2.24, 2.45) is 0 Å². The summed E-state index contributed by atoms with van der Waals surface area (Å²) >= 11 is 18.5. The topological polar surface area (TPSA) is 80.9 Å². The maximum absolute atomic E-state index is 12.6. The van der Waals surface area contributed by atoms with Gasteiger partial charge >= 0.3 is 0 Å². The molecule has 0 aliphatic heterocycles. The lowest BCUT2D eigenvalue weighted by Crippen LogP contribution is -2.12. The third-order valence-electron chi connectivity index (χ3n) is 4.33. The summed E-state index contributed by atoms with van der Waals surface area (Å²) in [4.78, 5) is 20.8. The molecule has 4 aromatic rings. The zero-order valence-electron chi connectivity index (χ0n) is 14.8. The summed E-state index contributed by atoms with van der Waals surface area (Å²) in [5.74, 6) is -0.152. The summed E-state index contributed by atoms with van der Waals surface area (Å²) in [6.45, 7) is 0. The monoisotopic (exact) mass is 442 g/mol. The number of fused-ring (bicyclic) bond motifs is 1. The van der Waals surface area contributed by atoms with Crippen LogP contribution >= 0.6 is 34.8 Å². The Bertz CT molecular complexity index is 1260. The number of nitrogens with one attached hydrogen (secondary N) is 1. The van der Waals surface area contributed by atoms with Crippen molar-refractivity contribution >= 4 is 63.2 Å². The minimum atomic E-state index is -0.367. The van der Waals surface area contributed by atoms with Crippen molar-refractivity contribution < 1.29 is 4.79 Å². The van der Waals surface area contributed by atoms with Crippen LogP contribution in [0.2, 0.25) is 15.1 Å². The molecule has 0 fully saturated rings. The van der Waals surface area contributed by atoms with Gasteiger partial charge in [-0.25, -0.2) is 9.97 Å². The number of anilines is 2. The number of benzene rings is 3. The first-order chi connectivity index (χ1) is 13.9. The van der Waals surface area contributed by atoms with Gasteiger partial charge in [0.25, 0.3) is 5.91 Å². The lowest BCUT2D eigenvalue weighted by atomic mass is 10.0. The maximum atomic E-state index is 12.6. The van der Waals surface area contributed by atoms with E-state index in [4.69, 9.17) is 40.5 Å². The highest BCUT2D eigenvalue weighted by Crippen LogP contribution is 2.33. The molecule has 0 saturated carbocycles. The number of aromatic nitrogens is 2. The van der Waals surface area contributed by atoms with Crippen LogP contribution in [-0.4, -0.2) is 15.9 Å². The van der Waals surface area contributed by atoms with Gasteiger partial charge in [-0.2, -0.15) is 0 Å². The number of nitrogens with zero attached hydrogens (tertiary/aromatic N) is 2. The largest absolute Gasteiger partial charge is 0.368 e. The number of nitrogens with two attached hydrogens (primary N) is 1. The van der Waals surface area contributed by atoms with E-state index in [2.05, 4.69) is 15.3 Å². The molecule has 1 aromatic heterocycles. The summed E-state index contributed by atoms with van der Waals surface area (Å²) in [5.41, 5.74) is 8.83. The van der Waals surface area contributed by atoms with Gasteiger partial charge in [-0.05, 0) is 48.0 Å². The van der Waals surface area contributed by atoms with E-state index in [0.717, 1.165) is 22.0 Å². The highest BCUT2D eigenvalue weighted by molar-refractivity contribution is 6.44. The molecular weight excluding hydrogens is 431 g/mol. The van der Waals surface area contributed by atoms with Crippen LogP contribution < -0.4 is 11.1 Å². The Kier molecular flexibility index (Phi) is 5.28. The molecule has 8 heteroatoms. The Hall–Kier alpha value is -2.86. The lowest BCUT2D eigenvalue weighted by Gasteiger charge is -2.11. The van der Waals surface area contributed by atoms with Crippen molar-refractivity contribution in [3.8, 4) is 11.1 Å². The molecule has 0 bridgehead atoms. The summed E-state index contributed by atoms with van der Waals surface area (Å²) in [5, 5.41) is 4.71. The van der Waals surface area contributed by atoms with Crippen molar-refractivity contribution in [2.45, 2.75) is 0 Å². The molecular formula is C21H13Cl3N4O. The average molecular weight is 444 g/mol. The predicted octanol–water partition coefficient (Wildman–Crippen LogP) is 6.09. The molecule has 1 heterocycles. The van der Waals surface area contributed by atoms with Gasteiger partial charge in [0.15, 0.2) is 0 Å². The van der Waals surface area contributed by atoms with Gasteiger partial charge in [-0.3, -0.25) is 4.79 Å². The summed E-state index contributed by atoms with van der Waals surface area (Å²) in [6, 6.07) is 15.8. The van der Waals surface area contributed by atoms with E-state index >= 15 is 0 Å². The van der Waals surface area contributed by atoms with Crippen molar-refractivity contribution in [1.82, 2.24) is 9.97 Å². The number of hydrogen-bond donors (Lipinski definition) is 2. The Morgan fingerprint density at radius 3 is 2.62 bits per heavy atom. The standard InChI is InChI=1S/C21H13Cl3N4O/c22-16-6-5-13(27-20(29)14-2-1-3-17(23)19(14)24)9-15(16)11-4-7-18-12(8-11)10-26-21(25)28-18/h1-10H,(H,27,29)(H2,25,26,28). The maximum Gasteiger partial charge on any atom is 0.257 e. The van der Waals surface area contributed by atoms with Gasteiger partial charge in [-0.15, -0.1) is 0 Å². The second-order valence-corrected chi connectivity index (χ2v) is 7.44. The van der Waals surface area contributed by atoms with Crippen LogP contribution in [0.1, 0.15) is 10.4 Å². The molecule has 0 saturated heterocycles. The van der Waals surface area contributed by atoms with Crippen LogP contribution in [0.5, 0.6) is 0 Å². The molecule has 0 atom stereocenters. The summed E-state index contributed by atoms with van der Waals surface area (Å²) in [6.07, 6.45) is 1.65. The van der Waals surface area contributed by atoms with Crippen LogP contribution in [-0.2, 0) is 0 Å². The molecule has 0 aliphatic carbocycles. The Morgan fingerprint density at radius 1 is 0.966 bits per heavy atom. The fourth-order valence-electron chi connectivity index (χ4n) is 2.92. The Morgan fingerprint density at radius 2 is 1.79 bits per heavy atom. The molecule has 144 valence electrons. The quantitative estimate of drug-likeness (QED) is 0.401. The number of nitrogen functional groups attached to an aromatic ring is 1. The van der Waals surface area contributed by atoms with Gasteiger partial charge < -0.3 is 11.1 Å². The van der Waals surface area contributed by atoms with Gasteiger partial charge in [0, 0.05) is 27.9 Å². The number of carbonyl (C=O) groups excluding carboxylic acids is 1. The van der Waals surface area contributed by atoms with Crippen molar-refractivity contribution in [1.29, 1.82) is 0 Å². The summed E-state index contributed by atoms with van der Waals surface area (Å²) in [7, 11) is 0. The smallest absolute Gasteiger partial charge is 0.257 e. The fourth-order valence-corrected chi connectivity index (χ4v) is 3.53. The van der Waals surface area contributed by atoms with Crippen LogP contribution in [0.3, 0.4) is 0 Å². The van der Waals surface area contributed by atoms with E-state index in [9.17, 15) is 4.79 Å². The van der Waals surface area contributed by atoms with Gasteiger partial charge in [-0.1, -0.05) is 46.9 Å². The minimum absolute atomic E-state index is 0.203. The minimum Gasteiger partial charge on any atom is -0.368 e. The van der Waals surface area contributed by atoms with Crippen LogP contribution in [0.15, 0.2) is 60.8 Å².